The lowest BCUT2D eigenvalue weighted by molar-refractivity contribution is 0.105. The van der Waals surface area contributed by atoms with Crippen LogP contribution >= 0.6 is 11.6 Å². The van der Waals surface area contributed by atoms with Gasteiger partial charge in [-0.15, -0.1) is 0 Å². The van der Waals surface area contributed by atoms with Crippen molar-refractivity contribution in [2.75, 3.05) is 12.3 Å². The summed E-state index contributed by atoms with van der Waals surface area (Å²) in [6, 6.07) is 0.0271. The number of piperidine rings is 1. The second-order valence-corrected chi connectivity index (χ2v) is 4.89. The molecule has 18 heavy (non-hydrogen) atoms. The highest BCUT2D eigenvalue weighted by molar-refractivity contribution is 6.30. The number of nitrogens with zero attached hydrogens (tertiary/aromatic N) is 3. The molecule has 0 saturated carbocycles. The zero-order valence-corrected chi connectivity index (χ0v) is 10.8. The molecule has 2 atom stereocenters. The van der Waals surface area contributed by atoms with Crippen LogP contribution in [0.1, 0.15) is 31.4 Å². The summed E-state index contributed by atoms with van der Waals surface area (Å²) in [6.45, 7) is 2.30. The van der Waals surface area contributed by atoms with Crippen LogP contribution in [0.5, 0.6) is 0 Å². The molecule has 0 radical (unpaired) electrons. The van der Waals surface area contributed by atoms with Gasteiger partial charge in [0.25, 0.3) is 0 Å². The number of aromatic nitrogens is 2. The van der Waals surface area contributed by atoms with Crippen LogP contribution in [0.2, 0.25) is 5.15 Å². The van der Waals surface area contributed by atoms with Crippen molar-refractivity contribution in [1.29, 1.82) is 0 Å². The minimum atomic E-state index is -0.910. The second-order valence-electron chi connectivity index (χ2n) is 4.53. The summed E-state index contributed by atoms with van der Waals surface area (Å²) in [4.78, 5) is 20.7. The molecule has 6 nitrogen and oxygen atoms in total. The predicted molar refractivity (Wildman–Crippen MR) is 67.6 cm³/mol. The van der Waals surface area contributed by atoms with Gasteiger partial charge in [0.2, 0.25) is 0 Å². The van der Waals surface area contributed by atoms with Gasteiger partial charge in [0, 0.05) is 18.5 Å². The number of anilines is 1. The van der Waals surface area contributed by atoms with Crippen molar-refractivity contribution in [3.05, 3.63) is 17.0 Å². The molecule has 0 bridgehead atoms. The number of likely N-dealkylation sites (tertiary alicyclic amines) is 1. The van der Waals surface area contributed by atoms with E-state index in [0.29, 0.717) is 12.2 Å². The van der Waals surface area contributed by atoms with E-state index < -0.39 is 6.09 Å². The van der Waals surface area contributed by atoms with Gasteiger partial charge in [0.15, 0.2) is 5.15 Å². The Morgan fingerprint density at radius 2 is 2.33 bits per heavy atom. The van der Waals surface area contributed by atoms with Crippen LogP contribution in [0.3, 0.4) is 0 Å². The quantitative estimate of drug-likeness (QED) is 0.814. The lowest BCUT2D eigenvalue weighted by atomic mass is 9.91. The summed E-state index contributed by atoms with van der Waals surface area (Å²) in [5.74, 6) is 0.251. The topological polar surface area (TPSA) is 92.3 Å². The van der Waals surface area contributed by atoms with Crippen molar-refractivity contribution in [3.8, 4) is 0 Å². The first kappa shape index (κ1) is 12.9. The molecule has 2 rings (SSSR count). The van der Waals surface area contributed by atoms with E-state index in [1.807, 2.05) is 6.92 Å². The molecule has 1 aromatic heterocycles. The summed E-state index contributed by atoms with van der Waals surface area (Å²) in [7, 11) is 0. The van der Waals surface area contributed by atoms with Gasteiger partial charge in [-0.05, 0) is 19.8 Å². The summed E-state index contributed by atoms with van der Waals surface area (Å²) in [5, 5.41) is 9.39. The van der Waals surface area contributed by atoms with Crippen molar-refractivity contribution in [2.45, 2.75) is 31.7 Å². The SMILES string of the molecule is CC1CCC(c2ncc(N)nc2Cl)CN1C(=O)O. The van der Waals surface area contributed by atoms with Crippen LogP contribution in [-0.4, -0.2) is 38.7 Å². The number of rotatable bonds is 1. The van der Waals surface area contributed by atoms with Gasteiger partial charge in [-0.3, -0.25) is 4.98 Å². The van der Waals surface area contributed by atoms with Gasteiger partial charge in [0.05, 0.1) is 11.9 Å². The Balaban J connectivity index is 2.21. The number of hydrogen-bond donors (Lipinski definition) is 2. The molecule has 0 aromatic carbocycles. The van der Waals surface area contributed by atoms with E-state index in [4.69, 9.17) is 22.4 Å². The van der Waals surface area contributed by atoms with Crippen molar-refractivity contribution < 1.29 is 9.90 Å². The normalized spacial score (nSPS) is 24.0. The van der Waals surface area contributed by atoms with E-state index in [1.54, 1.807) is 0 Å². The average Bonchev–Trinajstić information content (AvgIpc) is 2.30. The molecule has 0 spiro atoms. The van der Waals surface area contributed by atoms with Crippen molar-refractivity contribution in [2.24, 2.45) is 0 Å². The third-order valence-corrected chi connectivity index (χ3v) is 3.57. The Bertz CT molecular complexity index is 468. The molecule has 98 valence electrons. The van der Waals surface area contributed by atoms with Gasteiger partial charge >= 0.3 is 6.09 Å². The maximum Gasteiger partial charge on any atom is 0.407 e. The number of nitrogens with two attached hydrogens (primary N) is 1. The summed E-state index contributed by atoms with van der Waals surface area (Å²) < 4.78 is 0. The van der Waals surface area contributed by atoms with Crippen LogP contribution < -0.4 is 5.73 Å². The average molecular weight is 271 g/mol. The Labute approximate surface area is 110 Å². The molecule has 0 aliphatic carbocycles. The zero-order valence-electron chi connectivity index (χ0n) is 10.0. The Hall–Kier alpha value is -1.56. The van der Waals surface area contributed by atoms with Crippen molar-refractivity contribution in [3.63, 3.8) is 0 Å². The minimum absolute atomic E-state index is 0.0158. The van der Waals surface area contributed by atoms with Gasteiger partial charge in [-0.25, -0.2) is 9.78 Å². The van der Waals surface area contributed by atoms with E-state index in [0.717, 1.165) is 12.8 Å². The molecule has 2 unspecified atom stereocenters. The van der Waals surface area contributed by atoms with Gasteiger partial charge in [0.1, 0.15) is 5.82 Å². The summed E-state index contributed by atoms with van der Waals surface area (Å²) in [6.07, 6.45) is 2.18. The minimum Gasteiger partial charge on any atom is -0.465 e. The van der Waals surface area contributed by atoms with E-state index in [1.165, 1.54) is 11.1 Å². The fraction of sp³-hybridized carbons (Fsp3) is 0.545. The molecule has 1 fully saturated rings. The number of carboxylic acid groups (broad SMARTS) is 1. The molecular weight excluding hydrogens is 256 g/mol. The summed E-state index contributed by atoms with van der Waals surface area (Å²) >= 11 is 6.01. The number of nitrogen functional groups attached to an aromatic ring is 1. The molecule has 1 saturated heterocycles. The highest BCUT2D eigenvalue weighted by Crippen LogP contribution is 2.32. The second kappa shape index (κ2) is 4.97. The molecule has 1 amide bonds. The van der Waals surface area contributed by atoms with E-state index in [-0.39, 0.29) is 22.9 Å². The van der Waals surface area contributed by atoms with Gasteiger partial charge < -0.3 is 15.7 Å². The third-order valence-electron chi connectivity index (χ3n) is 3.29. The zero-order chi connectivity index (χ0) is 13.3. The fourth-order valence-corrected chi connectivity index (χ4v) is 2.56. The van der Waals surface area contributed by atoms with E-state index in [2.05, 4.69) is 9.97 Å². The Morgan fingerprint density at radius 3 is 2.94 bits per heavy atom. The number of halogens is 1. The monoisotopic (exact) mass is 270 g/mol. The molecule has 1 aromatic rings. The van der Waals surface area contributed by atoms with Crippen molar-refractivity contribution >= 4 is 23.5 Å². The van der Waals surface area contributed by atoms with Crippen LogP contribution in [0, 0.1) is 0 Å². The molecule has 7 heteroatoms. The number of amides is 1. The molecule has 1 aliphatic heterocycles. The number of carbonyl (C=O) groups is 1. The highest BCUT2D eigenvalue weighted by atomic mass is 35.5. The van der Waals surface area contributed by atoms with Gasteiger partial charge in [-0.1, -0.05) is 11.6 Å². The predicted octanol–water partition coefficient (Wildman–Crippen LogP) is 1.96. The summed E-state index contributed by atoms with van der Waals surface area (Å²) in [5.41, 5.74) is 6.12. The van der Waals surface area contributed by atoms with E-state index in [9.17, 15) is 4.79 Å². The lowest BCUT2D eigenvalue weighted by Crippen LogP contribution is -2.44. The maximum absolute atomic E-state index is 11.1. The van der Waals surface area contributed by atoms with Crippen LogP contribution in [-0.2, 0) is 0 Å². The Kier molecular flexibility index (Phi) is 3.56. The largest absolute Gasteiger partial charge is 0.465 e. The van der Waals surface area contributed by atoms with E-state index >= 15 is 0 Å². The molecule has 3 N–H and O–H groups in total. The van der Waals surface area contributed by atoms with Crippen molar-refractivity contribution in [1.82, 2.24) is 14.9 Å². The highest BCUT2D eigenvalue weighted by Gasteiger charge is 2.31. The first-order valence-electron chi connectivity index (χ1n) is 5.76. The van der Waals surface area contributed by atoms with Gasteiger partial charge in [-0.2, -0.15) is 0 Å². The third kappa shape index (κ3) is 2.48. The smallest absolute Gasteiger partial charge is 0.407 e. The first-order chi connectivity index (χ1) is 8.49. The van der Waals surface area contributed by atoms with Crippen LogP contribution in [0.15, 0.2) is 6.20 Å². The number of hydrogen-bond acceptors (Lipinski definition) is 4. The fourth-order valence-electron chi connectivity index (χ4n) is 2.26. The Morgan fingerprint density at radius 1 is 1.61 bits per heavy atom. The van der Waals surface area contributed by atoms with Crippen LogP contribution in [0.4, 0.5) is 10.6 Å². The molecular formula is C11H15ClN4O2. The maximum atomic E-state index is 11.1. The lowest BCUT2D eigenvalue weighted by Gasteiger charge is -2.35. The standard InChI is InChI=1S/C11H15ClN4O2/c1-6-2-3-7(5-16(6)11(17)18)9-10(12)15-8(13)4-14-9/h4,6-7H,2-3,5H2,1H3,(H2,13,15)(H,17,18). The molecule has 1 aliphatic rings. The van der Waals surface area contributed by atoms with Crippen LogP contribution in [0.25, 0.3) is 0 Å². The first-order valence-corrected chi connectivity index (χ1v) is 6.14. The molecule has 2 heterocycles.